The van der Waals surface area contributed by atoms with E-state index in [9.17, 15) is 13.2 Å². The van der Waals surface area contributed by atoms with Gasteiger partial charge in [-0.15, -0.1) is 0 Å². The fourth-order valence-electron chi connectivity index (χ4n) is 2.86. The van der Waals surface area contributed by atoms with Crippen molar-refractivity contribution < 1.29 is 13.2 Å². The molecule has 0 saturated heterocycles. The molecule has 0 spiro atoms. The zero-order chi connectivity index (χ0) is 16.4. The van der Waals surface area contributed by atoms with Gasteiger partial charge < -0.3 is 5.32 Å². The van der Waals surface area contributed by atoms with Gasteiger partial charge in [-0.1, -0.05) is 24.3 Å². The van der Waals surface area contributed by atoms with E-state index in [1.807, 2.05) is 24.3 Å². The van der Waals surface area contributed by atoms with Gasteiger partial charge in [0, 0.05) is 18.7 Å². The van der Waals surface area contributed by atoms with Crippen LogP contribution in [0.4, 0.5) is 0 Å². The topological polar surface area (TPSA) is 75.3 Å². The molecular formula is C17H18N2O3S. The summed E-state index contributed by atoms with van der Waals surface area (Å²) < 4.78 is 27.8. The zero-order valence-corrected chi connectivity index (χ0v) is 13.6. The van der Waals surface area contributed by atoms with E-state index in [1.165, 1.54) is 36.9 Å². The normalized spacial score (nSPS) is 16.8. The molecule has 0 saturated carbocycles. The van der Waals surface area contributed by atoms with Crippen LogP contribution in [0.1, 0.15) is 33.9 Å². The van der Waals surface area contributed by atoms with Gasteiger partial charge in [-0.2, -0.15) is 0 Å². The minimum absolute atomic E-state index is 0.162. The molecule has 0 aromatic heterocycles. The summed E-state index contributed by atoms with van der Waals surface area (Å²) in [5, 5.41) is 2.51. The highest BCUT2D eigenvalue weighted by Crippen LogP contribution is 2.32. The molecule has 1 atom stereocenters. The molecule has 5 nitrogen and oxygen atoms in total. The van der Waals surface area contributed by atoms with Crippen LogP contribution in [-0.2, 0) is 16.4 Å². The summed E-state index contributed by atoms with van der Waals surface area (Å²) in [6.07, 6.45) is 1.63. The van der Waals surface area contributed by atoms with Gasteiger partial charge in [0.15, 0.2) is 0 Å². The van der Waals surface area contributed by atoms with Gasteiger partial charge in [0.25, 0.3) is 5.91 Å². The average Bonchev–Trinajstić information content (AvgIpc) is 2.97. The second-order valence-electron chi connectivity index (χ2n) is 5.51. The molecule has 1 unspecified atom stereocenters. The van der Waals surface area contributed by atoms with Crippen LogP contribution in [0.2, 0.25) is 0 Å². The van der Waals surface area contributed by atoms with Crippen molar-refractivity contribution in [3.8, 4) is 0 Å². The summed E-state index contributed by atoms with van der Waals surface area (Å²) in [4.78, 5) is 11.7. The Hall–Kier alpha value is -2.18. The van der Waals surface area contributed by atoms with Gasteiger partial charge in [0.2, 0.25) is 10.0 Å². The van der Waals surface area contributed by atoms with Crippen molar-refractivity contribution in [2.45, 2.75) is 23.8 Å². The van der Waals surface area contributed by atoms with E-state index in [0.717, 1.165) is 18.4 Å². The van der Waals surface area contributed by atoms with Crippen LogP contribution < -0.4 is 10.0 Å². The van der Waals surface area contributed by atoms with Gasteiger partial charge in [-0.25, -0.2) is 13.1 Å². The Balaban J connectivity index is 1.81. The van der Waals surface area contributed by atoms with E-state index in [4.69, 9.17) is 0 Å². The van der Waals surface area contributed by atoms with Crippen LogP contribution in [0.3, 0.4) is 0 Å². The van der Waals surface area contributed by atoms with E-state index in [1.54, 1.807) is 0 Å². The van der Waals surface area contributed by atoms with Gasteiger partial charge >= 0.3 is 0 Å². The highest BCUT2D eigenvalue weighted by Gasteiger charge is 2.27. The molecule has 23 heavy (non-hydrogen) atoms. The third kappa shape index (κ3) is 3.13. The van der Waals surface area contributed by atoms with Crippen LogP contribution in [-0.4, -0.2) is 21.4 Å². The van der Waals surface area contributed by atoms with Crippen molar-refractivity contribution in [3.05, 3.63) is 65.2 Å². The van der Waals surface area contributed by atoms with Crippen LogP contribution >= 0.6 is 0 Å². The van der Waals surface area contributed by atoms with Crippen LogP contribution in [0.15, 0.2) is 53.4 Å². The fourth-order valence-corrected chi connectivity index (χ4v) is 4.11. The monoisotopic (exact) mass is 330 g/mol. The lowest BCUT2D eigenvalue weighted by atomic mass is 10.1. The number of nitrogens with one attached hydrogen (secondary N) is 2. The highest BCUT2D eigenvalue weighted by molar-refractivity contribution is 7.89. The first-order valence-electron chi connectivity index (χ1n) is 7.43. The number of aryl methyl sites for hydroxylation is 1. The number of rotatable bonds is 4. The molecule has 1 aliphatic carbocycles. The molecule has 2 N–H and O–H groups in total. The molecule has 1 aliphatic rings. The van der Waals surface area contributed by atoms with Crippen LogP contribution in [0.25, 0.3) is 0 Å². The molecule has 0 heterocycles. The first kappa shape index (κ1) is 15.7. The number of amides is 1. The Kier molecular flexibility index (Phi) is 4.19. The highest BCUT2D eigenvalue weighted by atomic mass is 32.2. The molecule has 2 aromatic rings. The maximum absolute atomic E-state index is 12.5. The molecule has 0 radical (unpaired) electrons. The maximum Gasteiger partial charge on any atom is 0.251 e. The Morgan fingerprint density at radius 3 is 2.48 bits per heavy atom. The van der Waals surface area contributed by atoms with E-state index in [2.05, 4.69) is 10.0 Å². The van der Waals surface area contributed by atoms with Gasteiger partial charge in [0.05, 0.1) is 4.90 Å². The van der Waals surface area contributed by atoms with Crippen molar-refractivity contribution in [2.24, 2.45) is 0 Å². The molecule has 6 heteroatoms. The summed E-state index contributed by atoms with van der Waals surface area (Å²) in [7, 11) is -2.08. The second kappa shape index (κ2) is 6.14. The lowest BCUT2D eigenvalue weighted by Gasteiger charge is -2.14. The number of benzene rings is 2. The largest absolute Gasteiger partial charge is 0.355 e. The molecule has 3 rings (SSSR count). The average molecular weight is 330 g/mol. The number of carbonyl (C=O) groups excluding carboxylic acids is 1. The fraction of sp³-hybridized carbons (Fsp3) is 0.235. The van der Waals surface area contributed by atoms with E-state index in [0.29, 0.717) is 5.56 Å². The predicted octanol–water partition coefficient (Wildman–Crippen LogP) is 2.01. The van der Waals surface area contributed by atoms with Crippen molar-refractivity contribution >= 4 is 15.9 Å². The van der Waals surface area contributed by atoms with Gasteiger partial charge in [0.1, 0.15) is 0 Å². The number of hydrogen-bond acceptors (Lipinski definition) is 3. The molecule has 120 valence electrons. The number of carbonyl (C=O) groups is 1. The smallest absolute Gasteiger partial charge is 0.251 e. The summed E-state index contributed by atoms with van der Waals surface area (Å²) >= 11 is 0. The maximum atomic E-state index is 12.5. The molecule has 0 bridgehead atoms. The summed E-state index contributed by atoms with van der Waals surface area (Å²) in [6.45, 7) is 0. The molecule has 1 amide bonds. The number of fused-ring (bicyclic) bond motifs is 1. The van der Waals surface area contributed by atoms with E-state index < -0.39 is 10.0 Å². The van der Waals surface area contributed by atoms with Crippen molar-refractivity contribution in [3.63, 3.8) is 0 Å². The van der Waals surface area contributed by atoms with Crippen molar-refractivity contribution in [1.29, 1.82) is 0 Å². The Bertz CT molecular complexity index is 829. The summed E-state index contributed by atoms with van der Waals surface area (Å²) in [5.41, 5.74) is 2.66. The Morgan fingerprint density at radius 2 is 1.78 bits per heavy atom. The number of hydrogen-bond donors (Lipinski definition) is 2. The van der Waals surface area contributed by atoms with Crippen molar-refractivity contribution in [2.75, 3.05) is 7.05 Å². The first-order chi connectivity index (χ1) is 11.0. The molecule has 2 aromatic carbocycles. The van der Waals surface area contributed by atoms with E-state index >= 15 is 0 Å². The predicted molar refractivity (Wildman–Crippen MR) is 87.7 cm³/mol. The molecule has 0 fully saturated rings. The SMILES string of the molecule is CNC(=O)c1ccc(S(=O)(=O)NC2CCc3ccccc32)cc1. The second-order valence-corrected chi connectivity index (χ2v) is 7.23. The first-order valence-corrected chi connectivity index (χ1v) is 8.92. The van der Waals surface area contributed by atoms with Crippen LogP contribution in [0.5, 0.6) is 0 Å². The van der Waals surface area contributed by atoms with Crippen molar-refractivity contribution in [1.82, 2.24) is 10.0 Å². The van der Waals surface area contributed by atoms with E-state index in [-0.39, 0.29) is 16.8 Å². The lowest BCUT2D eigenvalue weighted by molar-refractivity contribution is 0.0963. The molecular weight excluding hydrogens is 312 g/mol. The van der Waals surface area contributed by atoms with Crippen LogP contribution in [0, 0.1) is 0 Å². The Labute approximate surface area is 135 Å². The minimum Gasteiger partial charge on any atom is -0.355 e. The third-order valence-electron chi connectivity index (χ3n) is 4.08. The van der Waals surface area contributed by atoms with Gasteiger partial charge in [-0.3, -0.25) is 4.79 Å². The lowest BCUT2D eigenvalue weighted by Crippen LogP contribution is -2.27. The molecule has 0 aliphatic heterocycles. The zero-order valence-electron chi connectivity index (χ0n) is 12.7. The minimum atomic E-state index is -3.62. The van der Waals surface area contributed by atoms with Gasteiger partial charge in [-0.05, 0) is 48.2 Å². The quantitative estimate of drug-likeness (QED) is 0.900. The number of sulfonamides is 1. The Morgan fingerprint density at radius 1 is 1.09 bits per heavy atom. The standard InChI is InChI=1S/C17H18N2O3S/c1-18-17(20)13-6-9-14(10-7-13)23(21,22)19-16-11-8-12-4-2-3-5-15(12)16/h2-7,9-10,16,19H,8,11H2,1H3,(H,18,20). The third-order valence-corrected chi connectivity index (χ3v) is 5.57. The summed E-state index contributed by atoms with van der Waals surface area (Å²) in [5.74, 6) is -0.244. The summed E-state index contributed by atoms with van der Waals surface area (Å²) in [6, 6.07) is 13.6.